The van der Waals surface area contributed by atoms with Crippen molar-refractivity contribution in [3.8, 4) is 16.9 Å². The molecule has 0 aliphatic heterocycles. The van der Waals surface area contributed by atoms with Crippen LogP contribution in [-0.4, -0.2) is 5.11 Å². The Balaban J connectivity index is 2.63. The van der Waals surface area contributed by atoms with E-state index in [0.717, 1.165) is 6.07 Å². The van der Waals surface area contributed by atoms with Crippen molar-refractivity contribution < 1.29 is 9.50 Å². The summed E-state index contributed by atoms with van der Waals surface area (Å²) < 4.78 is 13.6. The summed E-state index contributed by atoms with van der Waals surface area (Å²) in [5.41, 5.74) is 0.817. The molecule has 0 amide bonds. The summed E-state index contributed by atoms with van der Waals surface area (Å²) in [7, 11) is 0. The van der Waals surface area contributed by atoms with Crippen molar-refractivity contribution >= 4 is 23.2 Å². The molecule has 0 atom stereocenters. The first-order chi connectivity index (χ1) is 7.59. The van der Waals surface area contributed by atoms with Crippen LogP contribution in [0.3, 0.4) is 0 Å². The minimum atomic E-state index is -0.538. The van der Waals surface area contributed by atoms with Gasteiger partial charge in [-0.1, -0.05) is 35.3 Å². The maximum atomic E-state index is 13.6. The van der Waals surface area contributed by atoms with E-state index in [-0.39, 0.29) is 5.75 Å². The van der Waals surface area contributed by atoms with E-state index < -0.39 is 5.82 Å². The number of rotatable bonds is 1. The zero-order chi connectivity index (χ0) is 11.7. The zero-order valence-electron chi connectivity index (χ0n) is 8.05. The first kappa shape index (κ1) is 11.2. The smallest absolute Gasteiger partial charge is 0.134 e. The number of benzene rings is 2. The lowest BCUT2D eigenvalue weighted by Crippen LogP contribution is -1.85. The predicted molar refractivity (Wildman–Crippen MR) is 63.5 cm³/mol. The van der Waals surface area contributed by atoms with Crippen LogP contribution in [0.5, 0.6) is 5.75 Å². The molecule has 0 radical (unpaired) electrons. The molecule has 0 saturated carbocycles. The van der Waals surface area contributed by atoms with Crippen molar-refractivity contribution in [3.63, 3.8) is 0 Å². The minimum Gasteiger partial charge on any atom is -0.508 e. The Hall–Kier alpha value is -1.25. The Morgan fingerprint density at radius 2 is 1.75 bits per heavy atom. The Labute approximate surface area is 102 Å². The fourth-order valence-corrected chi connectivity index (χ4v) is 1.84. The maximum absolute atomic E-state index is 13.6. The van der Waals surface area contributed by atoms with E-state index in [1.165, 1.54) is 12.1 Å². The molecule has 0 spiro atoms. The second-order valence-electron chi connectivity index (χ2n) is 3.27. The molecule has 2 aromatic rings. The summed E-state index contributed by atoms with van der Waals surface area (Å²) in [5.74, 6) is -0.663. The fraction of sp³-hybridized carbons (Fsp3) is 0. The highest BCUT2D eigenvalue weighted by molar-refractivity contribution is 6.43. The molecule has 0 aliphatic rings. The lowest BCUT2D eigenvalue weighted by atomic mass is 10.0. The van der Waals surface area contributed by atoms with E-state index in [1.54, 1.807) is 18.2 Å². The van der Waals surface area contributed by atoms with Gasteiger partial charge in [-0.25, -0.2) is 4.39 Å². The van der Waals surface area contributed by atoms with Gasteiger partial charge in [-0.15, -0.1) is 0 Å². The Morgan fingerprint density at radius 3 is 2.44 bits per heavy atom. The van der Waals surface area contributed by atoms with E-state index >= 15 is 0 Å². The normalized spacial score (nSPS) is 10.4. The molecule has 0 bridgehead atoms. The number of aromatic hydroxyl groups is 1. The monoisotopic (exact) mass is 256 g/mol. The van der Waals surface area contributed by atoms with Crippen LogP contribution in [0.15, 0.2) is 36.4 Å². The average molecular weight is 257 g/mol. The summed E-state index contributed by atoms with van der Waals surface area (Å²) in [6, 6.07) is 8.88. The quantitative estimate of drug-likeness (QED) is 0.797. The molecule has 0 fully saturated rings. The number of hydrogen-bond acceptors (Lipinski definition) is 1. The van der Waals surface area contributed by atoms with Gasteiger partial charge in [0.15, 0.2) is 0 Å². The van der Waals surface area contributed by atoms with Gasteiger partial charge in [0.05, 0.1) is 10.0 Å². The van der Waals surface area contributed by atoms with Crippen LogP contribution in [0.1, 0.15) is 0 Å². The Kier molecular flexibility index (Phi) is 3.03. The molecule has 0 unspecified atom stereocenters. The van der Waals surface area contributed by atoms with E-state index in [1.807, 2.05) is 0 Å². The van der Waals surface area contributed by atoms with Gasteiger partial charge in [0.2, 0.25) is 0 Å². The van der Waals surface area contributed by atoms with Gasteiger partial charge in [0.25, 0.3) is 0 Å². The third kappa shape index (κ3) is 1.99. The largest absolute Gasteiger partial charge is 0.508 e. The third-order valence-electron chi connectivity index (χ3n) is 2.19. The second kappa shape index (κ2) is 4.32. The van der Waals surface area contributed by atoms with E-state index in [9.17, 15) is 4.39 Å². The molecule has 4 heteroatoms. The van der Waals surface area contributed by atoms with Gasteiger partial charge in [0.1, 0.15) is 11.6 Å². The maximum Gasteiger partial charge on any atom is 0.134 e. The molecule has 16 heavy (non-hydrogen) atoms. The van der Waals surface area contributed by atoms with Crippen molar-refractivity contribution in [1.29, 1.82) is 0 Å². The Morgan fingerprint density at radius 1 is 1.00 bits per heavy atom. The number of phenols is 1. The summed E-state index contributed by atoms with van der Waals surface area (Å²) in [6.07, 6.45) is 0. The molecule has 82 valence electrons. The summed E-state index contributed by atoms with van der Waals surface area (Å²) in [6.45, 7) is 0. The van der Waals surface area contributed by atoms with Gasteiger partial charge in [0, 0.05) is 17.2 Å². The molecule has 0 saturated heterocycles. The summed E-state index contributed by atoms with van der Waals surface area (Å²) in [5, 5.41) is 9.78. The minimum absolute atomic E-state index is 0.126. The second-order valence-corrected chi connectivity index (χ2v) is 4.05. The highest BCUT2D eigenvalue weighted by atomic mass is 35.5. The highest BCUT2D eigenvalue weighted by Gasteiger charge is 2.11. The standard InChI is InChI=1S/C12H7Cl2FO/c13-10-3-1-2-9(12(10)14)8-5-4-7(16)6-11(8)15/h1-6,16H. The van der Waals surface area contributed by atoms with E-state index in [2.05, 4.69) is 0 Å². The van der Waals surface area contributed by atoms with Gasteiger partial charge < -0.3 is 5.11 Å². The van der Waals surface area contributed by atoms with Crippen LogP contribution in [-0.2, 0) is 0 Å². The predicted octanol–water partition coefficient (Wildman–Crippen LogP) is 4.51. The SMILES string of the molecule is Oc1ccc(-c2cccc(Cl)c2Cl)c(F)c1. The molecule has 2 aromatic carbocycles. The van der Waals surface area contributed by atoms with Gasteiger partial charge >= 0.3 is 0 Å². The number of halogens is 3. The summed E-state index contributed by atoms with van der Waals surface area (Å²) >= 11 is 11.8. The average Bonchev–Trinajstić information content (AvgIpc) is 2.23. The molecule has 0 aliphatic carbocycles. The van der Waals surface area contributed by atoms with Crippen molar-refractivity contribution in [2.24, 2.45) is 0 Å². The van der Waals surface area contributed by atoms with Gasteiger partial charge in [-0.3, -0.25) is 0 Å². The zero-order valence-corrected chi connectivity index (χ0v) is 9.56. The first-order valence-corrected chi connectivity index (χ1v) is 5.28. The number of phenolic OH excluding ortho intramolecular Hbond substituents is 1. The van der Waals surface area contributed by atoms with Gasteiger partial charge in [-0.05, 0) is 18.2 Å². The Bertz CT molecular complexity index is 541. The third-order valence-corrected chi connectivity index (χ3v) is 3.01. The first-order valence-electron chi connectivity index (χ1n) is 4.52. The molecule has 2 rings (SSSR count). The highest BCUT2D eigenvalue weighted by Crippen LogP contribution is 2.35. The van der Waals surface area contributed by atoms with Crippen molar-refractivity contribution in [2.45, 2.75) is 0 Å². The van der Waals surface area contributed by atoms with Crippen molar-refractivity contribution in [2.75, 3.05) is 0 Å². The fourth-order valence-electron chi connectivity index (χ4n) is 1.43. The van der Waals surface area contributed by atoms with E-state index in [4.69, 9.17) is 28.3 Å². The van der Waals surface area contributed by atoms with Crippen LogP contribution in [0.4, 0.5) is 4.39 Å². The van der Waals surface area contributed by atoms with Crippen LogP contribution in [0.25, 0.3) is 11.1 Å². The molecule has 1 N–H and O–H groups in total. The lowest BCUT2D eigenvalue weighted by molar-refractivity contribution is 0.469. The molecular weight excluding hydrogens is 250 g/mol. The topological polar surface area (TPSA) is 20.2 Å². The lowest BCUT2D eigenvalue weighted by Gasteiger charge is -2.07. The van der Waals surface area contributed by atoms with E-state index in [0.29, 0.717) is 21.2 Å². The van der Waals surface area contributed by atoms with Crippen molar-refractivity contribution in [1.82, 2.24) is 0 Å². The van der Waals surface area contributed by atoms with Gasteiger partial charge in [-0.2, -0.15) is 0 Å². The molecule has 0 heterocycles. The molecule has 0 aromatic heterocycles. The summed E-state index contributed by atoms with van der Waals surface area (Å²) in [4.78, 5) is 0. The van der Waals surface area contributed by atoms with Crippen LogP contribution >= 0.6 is 23.2 Å². The molecular formula is C12H7Cl2FO. The van der Waals surface area contributed by atoms with Crippen LogP contribution in [0, 0.1) is 5.82 Å². The number of hydrogen-bond donors (Lipinski definition) is 1. The van der Waals surface area contributed by atoms with Crippen molar-refractivity contribution in [3.05, 3.63) is 52.3 Å². The van der Waals surface area contributed by atoms with Crippen LogP contribution in [0.2, 0.25) is 10.0 Å². The molecule has 1 nitrogen and oxygen atoms in total. The van der Waals surface area contributed by atoms with Crippen LogP contribution < -0.4 is 0 Å².